The van der Waals surface area contributed by atoms with Crippen LogP contribution in [0.2, 0.25) is 0 Å². The molecule has 0 unspecified atom stereocenters. The van der Waals surface area contributed by atoms with Gasteiger partial charge in [-0.15, -0.1) is 4.33 Å². The highest BCUT2D eigenvalue weighted by molar-refractivity contribution is 7.94. The first-order chi connectivity index (χ1) is 20.9. The van der Waals surface area contributed by atoms with Gasteiger partial charge in [0.15, 0.2) is 0 Å². The molecule has 4 aromatic carbocycles. The minimum absolute atomic E-state index is 0.0359. The minimum atomic E-state index is -4.87. The van der Waals surface area contributed by atoms with Gasteiger partial charge in [0, 0.05) is 10.5 Å². The summed E-state index contributed by atoms with van der Waals surface area (Å²) in [5.74, 6) is -3.73. The van der Waals surface area contributed by atoms with E-state index in [0.717, 1.165) is 30.3 Å². The smallest absolute Gasteiger partial charge is 0.339 e. The van der Waals surface area contributed by atoms with E-state index in [1.165, 1.54) is 42.5 Å². The maximum Gasteiger partial charge on any atom is 0.339 e. The number of nitrogens with zero attached hydrogens (tertiary/aromatic N) is 4. The summed E-state index contributed by atoms with van der Waals surface area (Å²) < 4.78 is 39.2. The molecule has 0 bridgehead atoms. The largest absolute Gasteiger partial charge is 0.507 e. The van der Waals surface area contributed by atoms with Crippen molar-refractivity contribution in [3.63, 3.8) is 0 Å². The quantitative estimate of drug-likeness (QED) is 0.0329. The molecule has 0 spiro atoms. The van der Waals surface area contributed by atoms with Crippen LogP contribution in [0.5, 0.6) is 11.5 Å². The SMILES string of the molecule is O=C(O)c1cc(/N=N/c2ccc(-c3ccc(/N=N/c4ccc(O)c(C(=O)O)c4)cc3S(=O)(=O)O)c(SOOO)c2)ccc1O. The number of phenols is 2. The van der Waals surface area contributed by atoms with E-state index < -0.39 is 49.6 Å². The van der Waals surface area contributed by atoms with Gasteiger partial charge in [0.2, 0.25) is 0 Å². The molecule has 4 aromatic rings. The fourth-order valence-electron chi connectivity index (χ4n) is 3.67. The van der Waals surface area contributed by atoms with Gasteiger partial charge in [-0.05, 0) is 66.2 Å². The fourth-order valence-corrected chi connectivity index (χ4v) is 4.94. The molecular formula is C26H18N4O12S2. The van der Waals surface area contributed by atoms with Crippen LogP contribution in [0.1, 0.15) is 20.7 Å². The molecule has 16 nitrogen and oxygen atoms in total. The van der Waals surface area contributed by atoms with Crippen LogP contribution in [0, 0.1) is 0 Å². The van der Waals surface area contributed by atoms with Crippen molar-refractivity contribution in [2.75, 3.05) is 0 Å². The average molecular weight is 643 g/mol. The number of carbonyl (C=O) groups is 2. The van der Waals surface area contributed by atoms with Gasteiger partial charge >= 0.3 is 11.9 Å². The molecule has 0 atom stereocenters. The number of aromatic hydroxyl groups is 2. The van der Waals surface area contributed by atoms with Crippen LogP contribution in [0.4, 0.5) is 22.7 Å². The van der Waals surface area contributed by atoms with Gasteiger partial charge in [-0.3, -0.25) is 4.55 Å². The van der Waals surface area contributed by atoms with Gasteiger partial charge in [-0.1, -0.05) is 17.2 Å². The summed E-state index contributed by atoms with van der Waals surface area (Å²) in [5, 5.41) is 65.7. The first kappa shape index (κ1) is 31.7. The van der Waals surface area contributed by atoms with Crippen molar-refractivity contribution < 1.29 is 57.6 Å². The van der Waals surface area contributed by atoms with Gasteiger partial charge in [0.05, 0.1) is 34.8 Å². The summed E-state index contributed by atoms with van der Waals surface area (Å²) in [4.78, 5) is 22.0. The van der Waals surface area contributed by atoms with Crippen molar-refractivity contribution in [3.8, 4) is 22.6 Å². The zero-order valence-electron chi connectivity index (χ0n) is 21.7. The molecule has 0 saturated heterocycles. The van der Waals surface area contributed by atoms with Crippen LogP contribution in [0.25, 0.3) is 11.1 Å². The van der Waals surface area contributed by atoms with E-state index in [0.29, 0.717) is 12.0 Å². The lowest BCUT2D eigenvalue weighted by atomic mass is 10.0. The second kappa shape index (κ2) is 13.4. The Morgan fingerprint density at radius 2 is 1.09 bits per heavy atom. The summed E-state index contributed by atoms with van der Waals surface area (Å²) in [6.45, 7) is 0. The number of hydrogen-bond acceptors (Lipinski definition) is 14. The summed E-state index contributed by atoms with van der Waals surface area (Å²) in [7, 11) is -4.87. The monoisotopic (exact) mass is 642 g/mol. The molecule has 44 heavy (non-hydrogen) atoms. The molecule has 0 fully saturated rings. The highest BCUT2D eigenvalue weighted by atomic mass is 32.2. The number of aromatic carboxylic acids is 2. The van der Waals surface area contributed by atoms with Crippen molar-refractivity contribution in [1.29, 1.82) is 0 Å². The van der Waals surface area contributed by atoms with E-state index in [9.17, 15) is 32.8 Å². The van der Waals surface area contributed by atoms with Gasteiger partial charge in [-0.2, -0.15) is 28.9 Å². The van der Waals surface area contributed by atoms with Gasteiger partial charge in [-0.25, -0.2) is 14.8 Å². The summed E-state index contributed by atoms with van der Waals surface area (Å²) in [6.07, 6.45) is 0. The van der Waals surface area contributed by atoms with E-state index in [-0.39, 0.29) is 38.8 Å². The van der Waals surface area contributed by atoms with Crippen molar-refractivity contribution >= 4 is 56.8 Å². The van der Waals surface area contributed by atoms with Crippen LogP contribution < -0.4 is 0 Å². The molecular weight excluding hydrogens is 624 g/mol. The maximum absolute atomic E-state index is 12.4. The molecule has 0 aliphatic heterocycles. The van der Waals surface area contributed by atoms with Crippen LogP contribution >= 0.6 is 12.0 Å². The Morgan fingerprint density at radius 3 is 1.55 bits per heavy atom. The lowest BCUT2D eigenvalue weighted by Crippen LogP contribution is -2.01. The zero-order valence-corrected chi connectivity index (χ0v) is 23.3. The first-order valence-electron chi connectivity index (χ1n) is 11.7. The zero-order chi connectivity index (χ0) is 32.0. The highest BCUT2D eigenvalue weighted by Gasteiger charge is 2.21. The molecule has 0 aromatic heterocycles. The summed E-state index contributed by atoms with van der Waals surface area (Å²) >= 11 is 0.450. The maximum atomic E-state index is 12.4. The van der Waals surface area contributed by atoms with E-state index in [2.05, 4.69) is 29.8 Å². The molecule has 0 aliphatic carbocycles. The average Bonchev–Trinajstić information content (AvgIpc) is 2.98. The predicted molar refractivity (Wildman–Crippen MR) is 151 cm³/mol. The number of rotatable bonds is 11. The third-order valence-electron chi connectivity index (χ3n) is 5.64. The molecule has 0 heterocycles. The third-order valence-corrected chi connectivity index (χ3v) is 7.18. The van der Waals surface area contributed by atoms with Crippen molar-refractivity contribution in [2.45, 2.75) is 9.79 Å². The molecule has 0 amide bonds. The molecule has 4 rings (SSSR count). The van der Waals surface area contributed by atoms with Crippen LogP contribution in [0.3, 0.4) is 0 Å². The predicted octanol–water partition coefficient (Wildman–Crippen LogP) is 6.67. The van der Waals surface area contributed by atoms with Gasteiger partial charge < -0.3 is 20.4 Å². The number of hydrogen-bond donors (Lipinski definition) is 6. The van der Waals surface area contributed by atoms with E-state index in [1.807, 2.05) is 0 Å². The molecule has 0 aliphatic rings. The molecule has 0 radical (unpaired) electrons. The second-order valence-corrected chi connectivity index (χ2v) is 10.6. The van der Waals surface area contributed by atoms with E-state index in [4.69, 9.17) is 15.5 Å². The van der Waals surface area contributed by atoms with Crippen LogP contribution in [-0.2, 0) is 19.5 Å². The standard InChI is InChI=1S/C26H18N4O12S2/c31-21-7-3-13(9-19(21)25(33)34)27-29-15-1-5-17(23(11-15)43-42-41-37)18-6-2-16(12-24(18)44(38,39)40)30-28-14-4-8-22(32)20(10-14)26(35)36/h1-12,31-32,37H,(H,33,34)(H,35,36)(H,38,39,40)/b29-27+,30-28+. The Bertz CT molecular complexity index is 1930. The Balaban J connectivity index is 1.72. The molecule has 226 valence electrons. The van der Waals surface area contributed by atoms with Crippen LogP contribution in [-0.4, -0.2) is 50.6 Å². The molecule has 18 heteroatoms. The molecule has 6 N–H and O–H groups in total. The summed E-state index contributed by atoms with van der Waals surface area (Å²) in [5.41, 5.74) is -0.453. The van der Waals surface area contributed by atoms with E-state index in [1.54, 1.807) is 0 Å². The lowest BCUT2D eigenvalue weighted by Gasteiger charge is -2.12. The number of azo groups is 2. The lowest BCUT2D eigenvalue weighted by molar-refractivity contribution is -0.432. The Morgan fingerprint density at radius 1 is 0.659 bits per heavy atom. The Hall–Kier alpha value is -5.24. The summed E-state index contributed by atoms with van der Waals surface area (Å²) in [6, 6.07) is 14.8. The van der Waals surface area contributed by atoms with Crippen molar-refractivity contribution in [3.05, 3.63) is 83.9 Å². The van der Waals surface area contributed by atoms with Gasteiger partial charge in [0.25, 0.3) is 10.1 Å². The Labute approximate surface area is 251 Å². The number of benzene rings is 4. The van der Waals surface area contributed by atoms with Crippen molar-refractivity contribution in [2.24, 2.45) is 20.5 Å². The van der Waals surface area contributed by atoms with Crippen LogP contribution in [0.15, 0.2) is 103 Å². The minimum Gasteiger partial charge on any atom is -0.507 e. The normalized spacial score (nSPS) is 11.8. The topological polar surface area (TPSA) is 258 Å². The van der Waals surface area contributed by atoms with Crippen molar-refractivity contribution in [1.82, 2.24) is 0 Å². The fraction of sp³-hybridized carbons (Fsp3) is 0. The Kier molecular flexibility index (Phi) is 9.63. The third kappa shape index (κ3) is 7.58. The number of carboxylic acids is 2. The highest BCUT2D eigenvalue weighted by Crippen LogP contribution is 2.40. The molecule has 0 saturated carbocycles. The second-order valence-electron chi connectivity index (χ2n) is 8.48. The van der Waals surface area contributed by atoms with Gasteiger partial charge in [0.1, 0.15) is 27.5 Å². The van der Waals surface area contributed by atoms with E-state index >= 15 is 0 Å². The first-order valence-corrected chi connectivity index (χ1v) is 13.9. The number of carboxylic acid groups (broad SMARTS) is 2.